The van der Waals surface area contributed by atoms with Crippen LogP contribution in [-0.2, 0) is 10.2 Å². The van der Waals surface area contributed by atoms with Crippen molar-refractivity contribution in [1.82, 2.24) is 0 Å². The smallest absolute Gasteiger partial charge is 0.163 e. The predicted molar refractivity (Wildman–Crippen MR) is 103 cm³/mol. The summed E-state index contributed by atoms with van der Waals surface area (Å²) in [6.45, 7) is 12.8. The monoisotopic (exact) mass is 356 g/mol. The van der Waals surface area contributed by atoms with Crippen molar-refractivity contribution in [1.29, 1.82) is 0 Å². The van der Waals surface area contributed by atoms with Crippen LogP contribution in [0.4, 0.5) is 0 Å². The van der Waals surface area contributed by atoms with Crippen molar-refractivity contribution in [2.45, 2.75) is 77.7 Å². The van der Waals surface area contributed by atoms with Crippen LogP contribution >= 0.6 is 0 Å². The van der Waals surface area contributed by atoms with Gasteiger partial charge in [-0.15, -0.1) is 0 Å². The van der Waals surface area contributed by atoms with Gasteiger partial charge in [0, 0.05) is 12.0 Å². The first-order valence-corrected chi connectivity index (χ1v) is 10.2. The third kappa shape index (κ3) is 2.89. The summed E-state index contributed by atoms with van der Waals surface area (Å²) in [5, 5.41) is 0. The maximum Gasteiger partial charge on any atom is 0.163 e. The fourth-order valence-corrected chi connectivity index (χ4v) is 5.46. The van der Waals surface area contributed by atoms with E-state index in [9.17, 15) is 4.79 Å². The van der Waals surface area contributed by atoms with Crippen LogP contribution in [0, 0.1) is 11.3 Å². The number of carbonyl (C=O) groups excluding carboxylic acids is 1. The van der Waals surface area contributed by atoms with Gasteiger partial charge in [-0.3, -0.25) is 4.79 Å². The van der Waals surface area contributed by atoms with Crippen molar-refractivity contribution >= 4 is 5.78 Å². The molecule has 0 amide bonds. The third-order valence-electron chi connectivity index (χ3n) is 7.13. The second kappa shape index (κ2) is 6.09. The number of ketones is 1. The zero-order valence-corrected chi connectivity index (χ0v) is 16.9. The largest absolute Gasteiger partial charge is 0.490 e. The molecular weight excluding hydrogens is 324 g/mol. The van der Waals surface area contributed by atoms with Gasteiger partial charge in [-0.1, -0.05) is 41.0 Å². The summed E-state index contributed by atoms with van der Waals surface area (Å²) in [5.74, 6) is 2.01. The molecule has 0 spiro atoms. The molecular formula is C23H32O3. The highest BCUT2D eigenvalue weighted by Gasteiger charge is 2.52. The first-order chi connectivity index (χ1) is 12.2. The molecule has 1 aromatic carbocycles. The van der Waals surface area contributed by atoms with Crippen LogP contribution in [0.3, 0.4) is 0 Å². The molecule has 0 N–H and O–H groups in total. The number of hydrogen-bond acceptors (Lipinski definition) is 3. The summed E-state index contributed by atoms with van der Waals surface area (Å²) >= 11 is 0. The summed E-state index contributed by atoms with van der Waals surface area (Å²) in [7, 11) is 0. The Morgan fingerprint density at radius 3 is 2.62 bits per heavy atom. The Balaban J connectivity index is 1.81. The van der Waals surface area contributed by atoms with Gasteiger partial charge in [0.25, 0.3) is 0 Å². The number of rotatable bonds is 4. The number of carbonyl (C=O) groups is 1. The Morgan fingerprint density at radius 2 is 1.96 bits per heavy atom. The van der Waals surface area contributed by atoms with Crippen molar-refractivity contribution in [3.8, 4) is 5.75 Å². The van der Waals surface area contributed by atoms with Crippen LogP contribution in [0.15, 0.2) is 12.1 Å². The molecule has 2 fully saturated rings. The highest BCUT2D eigenvalue weighted by molar-refractivity contribution is 6.00. The minimum atomic E-state index is 0.0642. The van der Waals surface area contributed by atoms with E-state index in [4.69, 9.17) is 9.47 Å². The van der Waals surface area contributed by atoms with Crippen LogP contribution in [0.5, 0.6) is 5.75 Å². The normalized spacial score (nSPS) is 32.2. The van der Waals surface area contributed by atoms with Gasteiger partial charge >= 0.3 is 0 Å². The molecule has 1 heterocycles. The van der Waals surface area contributed by atoms with Crippen molar-refractivity contribution in [2.24, 2.45) is 11.3 Å². The summed E-state index contributed by atoms with van der Waals surface area (Å²) < 4.78 is 11.5. The van der Waals surface area contributed by atoms with Gasteiger partial charge in [0.05, 0.1) is 6.61 Å². The van der Waals surface area contributed by atoms with Crippen molar-refractivity contribution in [3.63, 3.8) is 0 Å². The molecule has 3 atom stereocenters. The fraction of sp³-hybridized carbons (Fsp3) is 0.696. The third-order valence-corrected chi connectivity index (χ3v) is 7.13. The van der Waals surface area contributed by atoms with E-state index in [1.807, 2.05) is 0 Å². The molecule has 1 saturated carbocycles. The standard InChI is InChI=1S/C23H32O3/c1-14(2)16-9-17-18(10-20(16)26-13-15-12-25-15)23(5)8-6-7-22(3,4)21(23)11-19(17)24/h9-10,14-15,21H,6-8,11-13H2,1-5H3/t15?,21-,23+/m0/s1. The molecule has 0 radical (unpaired) electrons. The molecule has 142 valence electrons. The van der Waals surface area contributed by atoms with Gasteiger partial charge in [0.1, 0.15) is 18.5 Å². The minimum Gasteiger partial charge on any atom is -0.490 e. The van der Waals surface area contributed by atoms with Crippen LogP contribution < -0.4 is 4.74 Å². The average Bonchev–Trinajstić information content (AvgIpc) is 3.38. The van der Waals surface area contributed by atoms with Gasteiger partial charge in [0.2, 0.25) is 0 Å². The first kappa shape index (κ1) is 18.0. The van der Waals surface area contributed by atoms with Gasteiger partial charge in [-0.25, -0.2) is 0 Å². The Hall–Kier alpha value is -1.35. The molecule has 3 aliphatic rings. The Kier molecular flexibility index (Phi) is 4.22. The predicted octanol–water partition coefficient (Wildman–Crippen LogP) is 5.26. The molecule has 1 saturated heterocycles. The lowest BCUT2D eigenvalue weighted by Crippen LogP contribution is -2.49. The van der Waals surface area contributed by atoms with Crippen LogP contribution in [-0.4, -0.2) is 25.1 Å². The van der Waals surface area contributed by atoms with E-state index in [2.05, 4.69) is 46.8 Å². The molecule has 4 rings (SSSR count). The molecule has 3 nitrogen and oxygen atoms in total. The zero-order chi connectivity index (χ0) is 18.7. The molecule has 26 heavy (non-hydrogen) atoms. The second-order valence-corrected chi connectivity index (χ2v) is 9.80. The topological polar surface area (TPSA) is 38.8 Å². The Labute approximate surface area is 157 Å². The molecule has 0 aromatic heterocycles. The maximum atomic E-state index is 13.1. The van der Waals surface area contributed by atoms with Gasteiger partial charge < -0.3 is 9.47 Å². The SMILES string of the molecule is CC(C)c1cc2c(cc1OCC1CO1)[C@@]1(C)CCCC(C)(C)[C@@H]1CC2=O. The molecule has 2 aliphatic carbocycles. The number of Topliss-reactive ketones (excluding diaryl/α,β-unsaturated/α-hetero) is 1. The highest BCUT2D eigenvalue weighted by Crippen LogP contribution is 2.57. The molecule has 1 unspecified atom stereocenters. The molecule has 1 aromatic rings. The average molecular weight is 357 g/mol. The fourth-order valence-electron chi connectivity index (χ4n) is 5.46. The lowest BCUT2D eigenvalue weighted by molar-refractivity contribution is 0.0367. The number of fused-ring (bicyclic) bond motifs is 3. The zero-order valence-electron chi connectivity index (χ0n) is 16.9. The van der Waals surface area contributed by atoms with Crippen LogP contribution in [0.1, 0.15) is 87.7 Å². The van der Waals surface area contributed by atoms with Crippen molar-refractivity contribution < 1.29 is 14.3 Å². The van der Waals surface area contributed by atoms with E-state index in [1.165, 1.54) is 18.4 Å². The van der Waals surface area contributed by atoms with Crippen LogP contribution in [0.25, 0.3) is 0 Å². The Morgan fingerprint density at radius 1 is 1.23 bits per heavy atom. The van der Waals surface area contributed by atoms with Gasteiger partial charge in [-0.05, 0) is 58.8 Å². The molecule has 3 heteroatoms. The lowest BCUT2D eigenvalue weighted by atomic mass is 9.50. The van der Waals surface area contributed by atoms with E-state index in [1.54, 1.807) is 0 Å². The summed E-state index contributed by atoms with van der Waals surface area (Å²) in [4.78, 5) is 13.1. The lowest BCUT2D eigenvalue weighted by Gasteiger charge is -2.54. The first-order valence-electron chi connectivity index (χ1n) is 10.2. The van der Waals surface area contributed by atoms with E-state index in [0.717, 1.165) is 29.9 Å². The quantitative estimate of drug-likeness (QED) is 0.691. The van der Waals surface area contributed by atoms with Gasteiger partial charge in [-0.2, -0.15) is 0 Å². The van der Waals surface area contributed by atoms with E-state index < -0.39 is 0 Å². The number of benzene rings is 1. The van der Waals surface area contributed by atoms with Crippen molar-refractivity contribution in [2.75, 3.05) is 13.2 Å². The number of hydrogen-bond donors (Lipinski definition) is 0. The second-order valence-electron chi connectivity index (χ2n) is 9.80. The van der Waals surface area contributed by atoms with Crippen molar-refractivity contribution in [3.05, 3.63) is 28.8 Å². The minimum absolute atomic E-state index is 0.0642. The van der Waals surface area contributed by atoms with E-state index in [-0.39, 0.29) is 16.9 Å². The summed E-state index contributed by atoms with van der Waals surface area (Å²) in [6.07, 6.45) is 4.52. The number of ether oxygens (including phenoxy) is 2. The maximum absolute atomic E-state index is 13.1. The van der Waals surface area contributed by atoms with Gasteiger partial charge in [0.15, 0.2) is 5.78 Å². The highest BCUT2D eigenvalue weighted by atomic mass is 16.6. The Bertz CT molecular complexity index is 729. The summed E-state index contributed by atoms with van der Waals surface area (Å²) in [5.41, 5.74) is 3.59. The van der Waals surface area contributed by atoms with E-state index >= 15 is 0 Å². The van der Waals surface area contributed by atoms with E-state index in [0.29, 0.717) is 30.6 Å². The molecule has 0 bridgehead atoms. The molecule has 1 aliphatic heterocycles. The summed E-state index contributed by atoms with van der Waals surface area (Å²) in [6, 6.07) is 4.34. The number of epoxide rings is 1. The van der Waals surface area contributed by atoms with Crippen LogP contribution in [0.2, 0.25) is 0 Å².